The highest BCUT2D eigenvalue weighted by Gasteiger charge is 2.17. The fourth-order valence-corrected chi connectivity index (χ4v) is 2.82. The number of carbonyl (C=O) groups excluding carboxylic acids is 1. The van der Waals surface area contributed by atoms with Crippen LogP contribution in [0.3, 0.4) is 0 Å². The molecule has 1 atom stereocenters. The lowest BCUT2D eigenvalue weighted by Crippen LogP contribution is -2.39. The zero-order valence-electron chi connectivity index (χ0n) is 13.7. The molecule has 0 saturated carbocycles. The zero-order chi connectivity index (χ0) is 19.1. The van der Waals surface area contributed by atoms with Gasteiger partial charge in [0, 0.05) is 6.04 Å². The lowest BCUT2D eigenvalue weighted by atomic mass is 10.0. The first kappa shape index (κ1) is 19.8. The average molecular weight is 391 g/mol. The minimum Gasteiger partial charge on any atom is -0.481 e. The van der Waals surface area contributed by atoms with Gasteiger partial charge in [-0.15, -0.1) is 0 Å². The Kier molecular flexibility index (Phi) is 7.02. The molecule has 0 heterocycles. The number of nitriles is 1. The van der Waals surface area contributed by atoms with E-state index in [4.69, 9.17) is 33.6 Å². The van der Waals surface area contributed by atoms with Crippen molar-refractivity contribution >= 4 is 35.1 Å². The number of halogens is 2. The van der Waals surface area contributed by atoms with Crippen LogP contribution in [0.25, 0.3) is 0 Å². The molecule has 0 bridgehead atoms. The summed E-state index contributed by atoms with van der Waals surface area (Å²) < 4.78 is 0. The minimum absolute atomic E-state index is 0.0698. The second kappa shape index (κ2) is 9.23. The summed E-state index contributed by atoms with van der Waals surface area (Å²) >= 11 is 11.8. The molecule has 2 aromatic carbocycles. The summed E-state index contributed by atoms with van der Waals surface area (Å²) in [4.78, 5) is 23.4. The molecular formula is C19H16Cl2N2O3. The van der Waals surface area contributed by atoms with Crippen molar-refractivity contribution in [3.63, 3.8) is 0 Å². The van der Waals surface area contributed by atoms with Gasteiger partial charge >= 0.3 is 5.97 Å². The van der Waals surface area contributed by atoms with Gasteiger partial charge in [-0.05, 0) is 41.8 Å². The van der Waals surface area contributed by atoms with Crippen molar-refractivity contribution in [2.24, 2.45) is 0 Å². The van der Waals surface area contributed by atoms with Crippen LogP contribution in [0.15, 0.2) is 42.5 Å². The van der Waals surface area contributed by atoms with Crippen LogP contribution in [-0.4, -0.2) is 23.0 Å². The fourth-order valence-electron chi connectivity index (χ4n) is 2.50. The van der Waals surface area contributed by atoms with Crippen molar-refractivity contribution in [2.75, 3.05) is 0 Å². The topological polar surface area (TPSA) is 90.2 Å². The summed E-state index contributed by atoms with van der Waals surface area (Å²) in [5, 5.41) is 21.4. The largest absolute Gasteiger partial charge is 0.481 e. The van der Waals surface area contributed by atoms with Crippen molar-refractivity contribution in [3.05, 3.63) is 69.2 Å². The van der Waals surface area contributed by atoms with Crippen LogP contribution in [0.4, 0.5) is 0 Å². The third-order valence-corrected chi connectivity index (χ3v) is 4.44. The Bertz CT molecular complexity index is 845. The van der Waals surface area contributed by atoms with Gasteiger partial charge in [-0.3, -0.25) is 9.59 Å². The van der Waals surface area contributed by atoms with Gasteiger partial charge in [0.15, 0.2) is 0 Å². The summed E-state index contributed by atoms with van der Waals surface area (Å²) in [6, 6.07) is 13.2. The molecule has 5 nitrogen and oxygen atoms in total. The summed E-state index contributed by atoms with van der Waals surface area (Å²) in [6.45, 7) is 0. The van der Waals surface area contributed by atoms with E-state index in [9.17, 15) is 9.59 Å². The number of aliphatic carboxylic acids is 1. The maximum Gasteiger partial charge on any atom is 0.305 e. The van der Waals surface area contributed by atoms with Gasteiger partial charge in [0.05, 0.1) is 34.5 Å². The molecule has 2 rings (SSSR count). The van der Waals surface area contributed by atoms with E-state index in [2.05, 4.69) is 5.32 Å². The Labute approximate surface area is 161 Å². The molecule has 26 heavy (non-hydrogen) atoms. The van der Waals surface area contributed by atoms with Crippen molar-refractivity contribution in [2.45, 2.75) is 25.3 Å². The SMILES string of the molecule is N#Cc1ccc(C[C@@H](CC(=O)O)NC(=O)Cc2ccc(Cl)c(Cl)c2)cc1. The molecule has 0 unspecified atom stereocenters. The van der Waals surface area contributed by atoms with E-state index in [1.165, 1.54) is 0 Å². The smallest absolute Gasteiger partial charge is 0.305 e. The monoisotopic (exact) mass is 390 g/mol. The molecule has 1 amide bonds. The van der Waals surface area contributed by atoms with Crippen molar-refractivity contribution in [1.29, 1.82) is 5.26 Å². The van der Waals surface area contributed by atoms with Gasteiger partial charge in [-0.25, -0.2) is 0 Å². The van der Waals surface area contributed by atoms with Crippen molar-refractivity contribution in [3.8, 4) is 6.07 Å². The first-order valence-corrected chi connectivity index (χ1v) is 8.57. The Hall–Kier alpha value is -2.55. The molecule has 0 fully saturated rings. The highest BCUT2D eigenvalue weighted by molar-refractivity contribution is 6.42. The number of nitrogens with zero attached hydrogens (tertiary/aromatic N) is 1. The average Bonchev–Trinajstić information content (AvgIpc) is 2.58. The second-order valence-corrected chi connectivity index (χ2v) is 6.61. The van der Waals surface area contributed by atoms with Gasteiger partial charge in [-0.2, -0.15) is 5.26 Å². The number of benzene rings is 2. The zero-order valence-corrected chi connectivity index (χ0v) is 15.2. The van der Waals surface area contributed by atoms with Crippen LogP contribution < -0.4 is 5.32 Å². The minimum atomic E-state index is -1.00. The summed E-state index contributed by atoms with van der Waals surface area (Å²) in [5.41, 5.74) is 2.04. The Morgan fingerprint density at radius 3 is 2.31 bits per heavy atom. The fraction of sp³-hybridized carbons (Fsp3) is 0.211. The van der Waals surface area contributed by atoms with E-state index >= 15 is 0 Å². The Balaban J connectivity index is 2.03. The molecule has 2 N–H and O–H groups in total. The molecular weight excluding hydrogens is 375 g/mol. The van der Waals surface area contributed by atoms with Crippen LogP contribution in [-0.2, 0) is 22.4 Å². The molecule has 0 radical (unpaired) electrons. The second-order valence-electron chi connectivity index (χ2n) is 5.80. The summed E-state index contributed by atoms with van der Waals surface area (Å²) in [7, 11) is 0. The Morgan fingerprint density at radius 1 is 1.08 bits per heavy atom. The van der Waals surface area contributed by atoms with E-state index in [1.54, 1.807) is 42.5 Å². The number of carboxylic acid groups (broad SMARTS) is 1. The molecule has 0 aromatic heterocycles. The molecule has 7 heteroatoms. The number of carbonyl (C=O) groups is 2. The standard InChI is InChI=1S/C19H16Cl2N2O3/c20-16-6-5-14(8-17(16)21)9-18(24)23-15(10-19(25)26)7-12-1-3-13(11-22)4-2-12/h1-6,8,15H,7,9-10H2,(H,23,24)(H,25,26)/t15-/m0/s1. The first-order chi connectivity index (χ1) is 12.4. The van der Waals surface area contributed by atoms with E-state index in [1.807, 2.05) is 6.07 Å². The van der Waals surface area contributed by atoms with Crippen LogP contribution in [0.1, 0.15) is 23.1 Å². The maximum absolute atomic E-state index is 12.3. The number of amides is 1. The van der Waals surface area contributed by atoms with Gasteiger partial charge in [0.1, 0.15) is 0 Å². The molecule has 0 spiro atoms. The third kappa shape index (κ3) is 6.07. The molecule has 134 valence electrons. The molecule has 2 aromatic rings. The van der Waals surface area contributed by atoms with Gasteiger partial charge < -0.3 is 10.4 Å². The van der Waals surface area contributed by atoms with Crippen LogP contribution in [0, 0.1) is 11.3 Å². The lowest BCUT2D eigenvalue weighted by molar-refractivity contribution is -0.137. The molecule has 0 aliphatic rings. The van der Waals surface area contributed by atoms with Gasteiger partial charge in [0.25, 0.3) is 0 Å². The van der Waals surface area contributed by atoms with E-state index in [-0.39, 0.29) is 18.7 Å². The molecule has 0 aliphatic heterocycles. The van der Waals surface area contributed by atoms with Crippen molar-refractivity contribution < 1.29 is 14.7 Å². The van der Waals surface area contributed by atoms with Gasteiger partial charge in [-0.1, -0.05) is 41.4 Å². The quantitative estimate of drug-likeness (QED) is 0.755. The summed E-state index contributed by atoms with van der Waals surface area (Å²) in [6.07, 6.45) is 0.221. The van der Waals surface area contributed by atoms with E-state index < -0.39 is 12.0 Å². The number of hydrogen-bond acceptors (Lipinski definition) is 3. The Morgan fingerprint density at radius 2 is 1.73 bits per heavy atom. The number of nitrogens with one attached hydrogen (secondary N) is 1. The van der Waals surface area contributed by atoms with Crippen LogP contribution in [0.5, 0.6) is 0 Å². The van der Waals surface area contributed by atoms with Crippen LogP contribution in [0.2, 0.25) is 10.0 Å². The number of rotatable bonds is 7. The predicted octanol–water partition coefficient (Wildman–Crippen LogP) is 3.61. The molecule has 0 aliphatic carbocycles. The first-order valence-electron chi connectivity index (χ1n) is 7.81. The molecule has 0 saturated heterocycles. The normalized spacial score (nSPS) is 11.4. The highest BCUT2D eigenvalue weighted by atomic mass is 35.5. The third-order valence-electron chi connectivity index (χ3n) is 3.70. The van der Waals surface area contributed by atoms with E-state index in [0.29, 0.717) is 27.6 Å². The number of carboxylic acids is 1. The predicted molar refractivity (Wildman–Crippen MR) is 99.2 cm³/mol. The number of hydrogen-bond donors (Lipinski definition) is 2. The summed E-state index contributed by atoms with van der Waals surface area (Å²) in [5.74, 6) is -1.30. The van der Waals surface area contributed by atoms with E-state index in [0.717, 1.165) is 5.56 Å². The highest BCUT2D eigenvalue weighted by Crippen LogP contribution is 2.22. The maximum atomic E-state index is 12.3. The van der Waals surface area contributed by atoms with Crippen LogP contribution >= 0.6 is 23.2 Å². The van der Waals surface area contributed by atoms with Gasteiger partial charge in [0.2, 0.25) is 5.91 Å². The van der Waals surface area contributed by atoms with Crippen molar-refractivity contribution in [1.82, 2.24) is 5.32 Å². The lowest BCUT2D eigenvalue weighted by Gasteiger charge is -2.17.